The van der Waals surface area contributed by atoms with Gasteiger partial charge in [0.15, 0.2) is 0 Å². The van der Waals surface area contributed by atoms with E-state index >= 15 is 0 Å². The number of rotatable bonds is 2. The smallest absolute Gasteiger partial charge is 0.150 e. The fraction of sp³-hybridized carbons (Fsp3) is 0.875. The van der Waals surface area contributed by atoms with Crippen molar-refractivity contribution in [2.75, 3.05) is 6.54 Å². The third-order valence-corrected chi connectivity index (χ3v) is 2.15. The van der Waals surface area contributed by atoms with E-state index in [1.54, 1.807) is 0 Å². The van der Waals surface area contributed by atoms with Crippen LogP contribution in [0.15, 0.2) is 0 Å². The van der Waals surface area contributed by atoms with Crippen molar-refractivity contribution in [2.24, 2.45) is 0 Å². The molecule has 0 aliphatic carbocycles. The van der Waals surface area contributed by atoms with Crippen LogP contribution >= 0.6 is 0 Å². The van der Waals surface area contributed by atoms with E-state index < -0.39 is 6.10 Å². The van der Waals surface area contributed by atoms with Crippen molar-refractivity contribution in [3.05, 3.63) is 0 Å². The minimum absolute atomic E-state index is 0.00463. The lowest BCUT2D eigenvalue weighted by molar-refractivity contribution is -0.116. The molecule has 0 aromatic rings. The average Bonchev–Trinajstić information content (AvgIpc) is 2.30. The van der Waals surface area contributed by atoms with Gasteiger partial charge in [-0.2, -0.15) is 0 Å². The Balaban J connectivity index is 2.35. The predicted molar refractivity (Wildman–Crippen MR) is 42.3 cm³/mol. The zero-order chi connectivity index (χ0) is 8.10. The summed E-state index contributed by atoms with van der Waals surface area (Å²) in [7, 11) is 0. The molecule has 0 spiro atoms. The van der Waals surface area contributed by atoms with Gasteiger partial charge < -0.3 is 15.2 Å². The Morgan fingerprint density at radius 2 is 2.27 bits per heavy atom. The van der Waals surface area contributed by atoms with Crippen LogP contribution in [0, 0.1) is 0 Å². The van der Waals surface area contributed by atoms with Crippen molar-refractivity contribution in [3.8, 4) is 0 Å². The normalized spacial score (nSPS) is 29.0. The number of hydrogen-bond acceptors (Lipinski definition) is 3. The highest BCUT2D eigenvalue weighted by Crippen LogP contribution is 2.10. The molecule has 3 heteroatoms. The van der Waals surface area contributed by atoms with Crippen LogP contribution in [0.25, 0.3) is 0 Å². The minimum Gasteiger partial charge on any atom is -0.384 e. The Hall–Kier alpha value is -0.410. The third kappa shape index (κ3) is 2.60. The van der Waals surface area contributed by atoms with E-state index in [-0.39, 0.29) is 6.04 Å². The van der Waals surface area contributed by atoms with Gasteiger partial charge in [-0.25, -0.2) is 0 Å². The number of carbonyl (C=O) groups is 1. The molecule has 1 aliphatic rings. The lowest BCUT2D eigenvalue weighted by atomic mass is 10.1. The second-order valence-corrected chi connectivity index (χ2v) is 3.04. The number of nitrogens with one attached hydrogen (secondary N) is 1. The number of aldehydes is 1. The third-order valence-electron chi connectivity index (χ3n) is 2.15. The maximum absolute atomic E-state index is 10.2. The van der Waals surface area contributed by atoms with E-state index in [1.165, 1.54) is 6.42 Å². The van der Waals surface area contributed by atoms with Crippen molar-refractivity contribution in [2.45, 2.75) is 37.8 Å². The summed E-state index contributed by atoms with van der Waals surface area (Å²) in [6.45, 7) is 0.926. The molecule has 1 heterocycles. The number of aliphatic hydroxyl groups excluding tert-OH is 1. The highest BCUT2D eigenvalue weighted by Gasteiger charge is 2.18. The van der Waals surface area contributed by atoms with Gasteiger partial charge in [-0.3, -0.25) is 0 Å². The molecule has 1 aliphatic heterocycles. The summed E-state index contributed by atoms with van der Waals surface area (Å²) in [4.78, 5) is 10.2. The molecule has 11 heavy (non-hydrogen) atoms. The summed E-state index contributed by atoms with van der Waals surface area (Å²) < 4.78 is 0. The molecule has 1 fully saturated rings. The van der Waals surface area contributed by atoms with Crippen molar-refractivity contribution < 1.29 is 9.90 Å². The molecule has 0 amide bonds. The molecule has 1 saturated heterocycles. The standard InChI is InChI=1S/C8H15NO2/c10-6-8(11)7-4-2-1-3-5-9-7/h6-9,11H,1-5H2. The number of aliphatic hydroxyl groups is 1. The molecule has 2 N–H and O–H groups in total. The maximum Gasteiger partial charge on any atom is 0.150 e. The van der Waals surface area contributed by atoms with Crippen LogP contribution in [0.3, 0.4) is 0 Å². The summed E-state index contributed by atoms with van der Waals surface area (Å²) >= 11 is 0. The minimum atomic E-state index is -0.812. The molecule has 0 saturated carbocycles. The van der Waals surface area contributed by atoms with Crippen molar-refractivity contribution in [3.63, 3.8) is 0 Å². The molecule has 0 radical (unpaired) electrons. The van der Waals surface area contributed by atoms with Crippen LogP contribution in [-0.2, 0) is 4.79 Å². The molecule has 2 atom stereocenters. The van der Waals surface area contributed by atoms with Crippen LogP contribution in [0.2, 0.25) is 0 Å². The molecular formula is C8H15NO2. The summed E-state index contributed by atoms with van der Waals surface area (Å²) in [6.07, 6.45) is 4.19. The number of carbonyl (C=O) groups excluding carboxylic acids is 1. The number of hydrogen-bond donors (Lipinski definition) is 2. The van der Waals surface area contributed by atoms with Gasteiger partial charge in [0.25, 0.3) is 0 Å². The van der Waals surface area contributed by atoms with E-state index in [2.05, 4.69) is 5.32 Å². The van der Waals surface area contributed by atoms with E-state index in [9.17, 15) is 9.90 Å². The van der Waals surface area contributed by atoms with Gasteiger partial charge in [0, 0.05) is 6.04 Å². The molecular weight excluding hydrogens is 142 g/mol. The van der Waals surface area contributed by atoms with Gasteiger partial charge in [0.2, 0.25) is 0 Å². The fourth-order valence-corrected chi connectivity index (χ4v) is 1.44. The fourth-order valence-electron chi connectivity index (χ4n) is 1.44. The molecule has 2 unspecified atom stereocenters. The van der Waals surface area contributed by atoms with Crippen LogP contribution < -0.4 is 5.32 Å². The van der Waals surface area contributed by atoms with Crippen LogP contribution in [0.5, 0.6) is 0 Å². The van der Waals surface area contributed by atoms with Gasteiger partial charge in [-0.15, -0.1) is 0 Å². The lowest BCUT2D eigenvalue weighted by Gasteiger charge is -2.16. The van der Waals surface area contributed by atoms with Crippen molar-refractivity contribution in [1.29, 1.82) is 0 Å². The Bertz CT molecular complexity index is 119. The van der Waals surface area contributed by atoms with Crippen molar-refractivity contribution in [1.82, 2.24) is 5.32 Å². The first-order valence-corrected chi connectivity index (χ1v) is 4.21. The van der Waals surface area contributed by atoms with Crippen LogP contribution in [0.4, 0.5) is 0 Å². The highest BCUT2D eigenvalue weighted by atomic mass is 16.3. The molecule has 3 nitrogen and oxygen atoms in total. The predicted octanol–water partition coefficient (Wildman–Crippen LogP) is 0.0784. The Morgan fingerprint density at radius 3 is 3.00 bits per heavy atom. The summed E-state index contributed by atoms with van der Waals surface area (Å²) in [5.74, 6) is 0. The molecule has 0 aromatic heterocycles. The Labute approximate surface area is 66.8 Å². The quantitative estimate of drug-likeness (QED) is 0.558. The summed E-state index contributed by atoms with van der Waals surface area (Å²) in [5.41, 5.74) is 0. The van der Waals surface area contributed by atoms with Crippen LogP contribution in [-0.4, -0.2) is 30.1 Å². The Morgan fingerprint density at radius 1 is 1.45 bits per heavy atom. The van der Waals surface area contributed by atoms with Gasteiger partial charge in [-0.05, 0) is 19.4 Å². The first-order valence-electron chi connectivity index (χ1n) is 4.21. The largest absolute Gasteiger partial charge is 0.384 e. The van der Waals surface area contributed by atoms with Gasteiger partial charge in [0.05, 0.1) is 0 Å². The summed E-state index contributed by atoms with van der Waals surface area (Å²) in [5, 5.41) is 12.3. The monoisotopic (exact) mass is 157 g/mol. The van der Waals surface area contributed by atoms with E-state index in [0.717, 1.165) is 25.8 Å². The van der Waals surface area contributed by atoms with E-state index in [0.29, 0.717) is 6.29 Å². The van der Waals surface area contributed by atoms with Gasteiger partial charge >= 0.3 is 0 Å². The molecule has 0 aromatic carbocycles. The van der Waals surface area contributed by atoms with Crippen LogP contribution in [0.1, 0.15) is 25.7 Å². The Kier molecular flexibility index (Phi) is 3.52. The first kappa shape index (κ1) is 8.68. The highest BCUT2D eigenvalue weighted by molar-refractivity contribution is 5.56. The average molecular weight is 157 g/mol. The van der Waals surface area contributed by atoms with Crippen molar-refractivity contribution >= 4 is 6.29 Å². The maximum atomic E-state index is 10.2. The first-order chi connectivity index (χ1) is 5.34. The van der Waals surface area contributed by atoms with E-state index in [4.69, 9.17) is 0 Å². The van der Waals surface area contributed by atoms with E-state index in [1.807, 2.05) is 0 Å². The second kappa shape index (κ2) is 4.46. The topological polar surface area (TPSA) is 49.3 Å². The SMILES string of the molecule is O=CC(O)C1CCCCCN1. The molecule has 1 rings (SSSR count). The zero-order valence-electron chi connectivity index (χ0n) is 6.62. The zero-order valence-corrected chi connectivity index (χ0v) is 6.62. The lowest BCUT2D eigenvalue weighted by Crippen LogP contribution is -2.40. The van der Waals surface area contributed by atoms with Gasteiger partial charge in [0.1, 0.15) is 12.4 Å². The summed E-state index contributed by atoms with van der Waals surface area (Å²) in [6, 6.07) is -0.00463. The molecule has 64 valence electrons. The van der Waals surface area contributed by atoms with Gasteiger partial charge in [-0.1, -0.05) is 12.8 Å². The second-order valence-electron chi connectivity index (χ2n) is 3.04. The molecule has 0 bridgehead atoms.